The minimum atomic E-state index is -4.60. The molecule has 2 N–H and O–H groups in total. The second-order valence-electron chi connectivity index (χ2n) is 4.28. The van der Waals surface area contributed by atoms with Crippen LogP contribution in [0.3, 0.4) is 0 Å². The van der Waals surface area contributed by atoms with E-state index in [0.29, 0.717) is 0 Å². The summed E-state index contributed by atoms with van der Waals surface area (Å²) in [5.74, 6) is 0.243. The molecule has 0 aromatic carbocycles. The molecule has 1 rings (SSSR count). The summed E-state index contributed by atoms with van der Waals surface area (Å²) >= 11 is 0. The molecule has 0 saturated carbocycles. The highest BCUT2D eigenvalue weighted by molar-refractivity contribution is 5.35. The maximum Gasteiger partial charge on any atom is 0.416 e. The van der Waals surface area contributed by atoms with Crippen molar-refractivity contribution in [2.45, 2.75) is 39.1 Å². The van der Waals surface area contributed by atoms with E-state index in [9.17, 15) is 13.2 Å². The molecule has 0 bridgehead atoms. The van der Waals surface area contributed by atoms with Crippen molar-refractivity contribution >= 4 is 0 Å². The van der Waals surface area contributed by atoms with Gasteiger partial charge in [-0.25, -0.2) is 0 Å². The van der Waals surface area contributed by atoms with Gasteiger partial charge in [0.1, 0.15) is 0 Å². The molecule has 1 aliphatic heterocycles. The second-order valence-corrected chi connectivity index (χ2v) is 4.28. The van der Waals surface area contributed by atoms with E-state index in [1.807, 2.05) is 13.8 Å². The number of halogens is 3. The molecule has 2 atom stereocenters. The summed E-state index contributed by atoms with van der Waals surface area (Å²) in [4.78, 5) is 0. The van der Waals surface area contributed by atoms with Crippen LogP contribution in [-0.4, -0.2) is 23.4 Å². The van der Waals surface area contributed by atoms with Crippen LogP contribution in [-0.2, 0) is 0 Å². The zero-order valence-electron chi connectivity index (χ0n) is 9.47. The van der Waals surface area contributed by atoms with Crippen molar-refractivity contribution in [2.75, 3.05) is 0 Å². The lowest BCUT2D eigenvalue weighted by molar-refractivity contribution is -0.207. The van der Waals surface area contributed by atoms with Crippen LogP contribution >= 0.6 is 0 Å². The van der Waals surface area contributed by atoms with E-state index in [2.05, 4.69) is 5.32 Å². The predicted octanol–water partition coefficient (Wildman–Crippen LogP) is 2.37. The fourth-order valence-corrected chi connectivity index (χ4v) is 1.72. The van der Waals surface area contributed by atoms with Gasteiger partial charge in [-0.15, -0.1) is 0 Å². The normalized spacial score (nSPS) is 23.6. The average molecular weight is 235 g/mol. The van der Waals surface area contributed by atoms with Crippen LogP contribution in [0.25, 0.3) is 0 Å². The molecule has 0 aromatic rings. The van der Waals surface area contributed by atoms with Gasteiger partial charge in [-0.05, 0) is 24.0 Å². The lowest BCUT2D eigenvalue weighted by Gasteiger charge is -2.28. The topological polar surface area (TPSA) is 32.3 Å². The maximum atomic E-state index is 12.3. The number of allylic oxidation sites excluding steroid dienone is 2. The third kappa shape index (κ3) is 2.78. The maximum absolute atomic E-state index is 12.3. The van der Waals surface area contributed by atoms with Crippen LogP contribution in [0.2, 0.25) is 0 Å². The van der Waals surface area contributed by atoms with Gasteiger partial charge in [0, 0.05) is 6.20 Å². The van der Waals surface area contributed by atoms with E-state index < -0.39 is 18.3 Å². The number of aliphatic hydroxyl groups excluding tert-OH is 1. The number of hydrogen-bond acceptors (Lipinski definition) is 2. The summed E-state index contributed by atoms with van der Waals surface area (Å²) in [7, 11) is 0. The van der Waals surface area contributed by atoms with Crippen molar-refractivity contribution in [3.63, 3.8) is 0 Å². The zero-order valence-corrected chi connectivity index (χ0v) is 9.47. The summed E-state index contributed by atoms with van der Waals surface area (Å²) in [5.41, 5.74) is 1.74. The number of aliphatic hydroxyl groups is 1. The molecule has 2 nitrogen and oxygen atoms in total. The zero-order chi connectivity index (χ0) is 12.5. The minimum Gasteiger partial charge on any atom is -0.381 e. The highest BCUT2D eigenvalue weighted by atomic mass is 19.4. The van der Waals surface area contributed by atoms with E-state index in [1.54, 1.807) is 13.1 Å². The summed E-state index contributed by atoms with van der Waals surface area (Å²) < 4.78 is 36.8. The summed E-state index contributed by atoms with van der Waals surface area (Å²) in [5, 5.41) is 11.7. The van der Waals surface area contributed by atoms with Crippen LogP contribution in [0.15, 0.2) is 23.4 Å². The fraction of sp³-hybridized carbons (Fsp3) is 0.636. The van der Waals surface area contributed by atoms with Crippen LogP contribution in [0.4, 0.5) is 13.2 Å². The lowest BCUT2D eigenvalue weighted by Crippen LogP contribution is -2.46. The van der Waals surface area contributed by atoms with Crippen molar-refractivity contribution < 1.29 is 18.3 Å². The van der Waals surface area contributed by atoms with Gasteiger partial charge in [-0.1, -0.05) is 19.9 Å². The van der Waals surface area contributed by atoms with Crippen molar-refractivity contribution in [3.05, 3.63) is 23.4 Å². The largest absolute Gasteiger partial charge is 0.416 e. The number of dihydropyridines is 1. The molecule has 16 heavy (non-hydrogen) atoms. The molecule has 0 saturated heterocycles. The fourth-order valence-electron chi connectivity index (χ4n) is 1.72. The molecular weight excluding hydrogens is 219 g/mol. The molecule has 1 heterocycles. The Labute approximate surface area is 92.8 Å². The Bertz CT molecular complexity index is 318. The quantitative estimate of drug-likeness (QED) is 0.770. The van der Waals surface area contributed by atoms with Crippen LogP contribution in [0.5, 0.6) is 0 Å². The van der Waals surface area contributed by atoms with Gasteiger partial charge in [0.15, 0.2) is 6.10 Å². The molecule has 1 aliphatic rings. The first kappa shape index (κ1) is 13.1. The van der Waals surface area contributed by atoms with E-state index >= 15 is 0 Å². The monoisotopic (exact) mass is 235 g/mol. The van der Waals surface area contributed by atoms with Crippen molar-refractivity contribution in [3.8, 4) is 0 Å². The van der Waals surface area contributed by atoms with E-state index in [1.165, 1.54) is 6.08 Å². The standard InChI is InChI=1S/C11H16F3NO/c1-6(2)8-5-15-9(4-7(8)3)10(16)11(12,13)14/h4-6,9-10,15-16H,1-3H3. The first-order valence-corrected chi connectivity index (χ1v) is 5.13. The molecule has 92 valence electrons. The lowest BCUT2D eigenvalue weighted by atomic mass is 9.92. The summed E-state index contributed by atoms with van der Waals surface area (Å²) in [6.07, 6.45) is -3.99. The Balaban J connectivity index is 2.80. The molecule has 0 fully saturated rings. The summed E-state index contributed by atoms with van der Waals surface area (Å²) in [6, 6.07) is -1.09. The van der Waals surface area contributed by atoms with E-state index in [-0.39, 0.29) is 5.92 Å². The van der Waals surface area contributed by atoms with Crippen LogP contribution in [0, 0.1) is 5.92 Å². The molecular formula is C11H16F3NO. The molecule has 2 unspecified atom stereocenters. The smallest absolute Gasteiger partial charge is 0.381 e. The number of rotatable bonds is 2. The van der Waals surface area contributed by atoms with Crippen molar-refractivity contribution in [1.82, 2.24) is 5.32 Å². The van der Waals surface area contributed by atoms with E-state index in [4.69, 9.17) is 5.11 Å². The van der Waals surface area contributed by atoms with Gasteiger partial charge in [0.05, 0.1) is 6.04 Å². The Morgan fingerprint density at radius 2 is 1.94 bits per heavy atom. The SMILES string of the molecule is CC1=CC(C(O)C(F)(F)F)NC=C1C(C)C. The van der Waals surface area contributed by atoms with Gasteiger partial charge in [0.25, 0.3) is 0 Å². The van der Waals surface area contributed by atoms with Gasteiger partial charge >= 0.3 is 6.18 Å². The van der Waals surface area contributed by atoms with Crippen LogP contribution < -0.4 is 5.32 Å². The highest BCUT2D eigenvalue weighted by Crippen LogP contribution is 2.28. The number of alkyl halides is 3. The van der Waals surface area contributed by atoms with E-state index in [0.717, 1.165) is 11.1 Å². The van der Waals surface area contributed by atoms with Crippen LogP contribution in [0.1, 0.15) is 20.8 Å². The van der Waals surface area contributed by atoms with Gasteiger partial charge < -0.3 is 10.4 Å². The van der Waals surface area contributed by atoms with Gasteiger partial charge in [-0.3, -0.25) is 0 Å². The Morgan fingerprint density at radius 3 is 2.31 bits per heavy atom. The Hall–Kier alpha value is -0.970. The highest BCUT2D eigenvalue weighted by Gasteiger charge is 2.43. The average Bonchev–Trinajstić information content (AvgIpc) is 2.14. The van der Waals surface area contributed by atoms with Crippen molar-refractivity contribution in [2.24, 2.45) is 5.92 Å². The second kappa shape index (κ2) is 4.49. The molecule has 0 radical (unpaired) electrons. The first-order valence-electron chi connectivity index (χ1n) is 5.13. The molecule has 0 spiro atoms. The number of hydrogen-bond donors (Lipinski definition) is 2. The predicted molar refractivity (Wildman–Crippen MR) is 55.7 cm³/mol. The number of nitrogens with one attached hydrogen (secondary N) is 1. The Morgan fingerprint density at radius 1 is 1.38 bits per heavy atom. The van der Waals surface area contributed by atoms with Crippen molar-refractivity contribution in [1.29, 1.82) is 0 Å². The molecule has 0 amide bonds. The third-order valence-electron chi connectivity index (χ3n) is 2.61. The van der Waals surface area contributed by atoms with Gasteiger partial charge in [0.2, 0.25) is 0 Å². The molecule has 5 heteroatoms. The third-order valence-corrected chi connectivity index (χ3v) is 2.61. The minimum absolute atomic E-state index is 0.243. The molecule has 0 aliphatic carbocycles. The van der Waals surface area contributed by atoms with Gasteiger partial charge in [-0.2, -0.15) is 13.2 Å². The summed E-state index contributed by atoms with van der Waals surface area (Å²) in [6.45, 7) is 5.68. The Kier molecular flexibility index (Phi) is 3.68. The first-order chi connectivity index (χ1) is 7.23. The molecule has 0 aromatic heterocycles.